The molecule has 3 heteroatoms. The van der Waals surface area contributed by atoms with Crippen LogP contribution in [0.1, 0.15) is 65.4 Å². The normalized spacial score (nSPS) is 12.7. The molecule has 1 aromatic rings. The summed E-state index contributed by atoms with van der Waals surface area (Å²) in [5.74, 6) is -0.298. The number of unbranched alkanes of at least 4 members (excludes halogenated alkanes) is 1. The molecule has 3 nitrogen and oxygen atoms in total. The Hall–Kier alpha value is -1.64. The van der Waals surface area contributed by atoms with Crippen LogP contribution in [-0.4, -0.2) is 17.3 Å². The van der Waals surface area contributed by atoms with Gasteiger partial charge >= 0.3 is 5.97 Å². The molecule has 0 saturated heterocycles. The number of hydrogen-bond donors (Lipinski definition) is 1. The number of hydrogen-bond acceptors (Lipinski definition) is 3. The Balaban J connectivity index is 2.15. The van der Waals surface area contributed by atoms with Crippen molar-refractivity contribution in [3.05, 3.63) is 35.9 Å². The van der Waals surface area contributed by atoms with Gasteiger partial charge in [0.05, 0.1) is 5.92 Å². The Morgan fingerprint density at radius 3 is 2.39 bits per heavy atom. The van der Waals surface area contributed by atoms with Gasteiger partial charge in [0.2, 0.25) is 0 Å². The lowest BCUT2D eigenvalue weighted by Crippen LogP contribution is -2.27. The SMILES string of the molecule is CC(CCC(=N)CCCCc1ccccc1)C(=O)OC(C)(C)C. The summed E-state index contributed by atoms with van der Waals surface area (Å²) in [6, 6.07) is 10.5. The molecule has 0 fully saturated rings. The molecule has 0 aliphatic carbocycles. The van der Waals surface area contributed by atoms with Gasteiger partial charge in [-0.05, 0) is 64.9 Å². The fourth-order valence-corrected chi connectivity index (χ4v) is 2.35. The number of ether oxygens (including phenoxy) is 1. The highest BCUT2D eigenvalue weighted by atomic mass is 16.6. The van der Waals surface area contributed by atoms with Crippen molar-refractivity contribution >= 4 is 11.7 Å². The van der Waals surface area contributed by atoms with E-state index < -0.39 is 5.60 Å². The van der Waals surface area contributed by atoms with Crippen molar-refractivity contribution in [2.75, 3.05) is 0 Å². The van der Waals surface area contributed by atoms with Gasteiger partial charge in [0, 0.05) is 5.71 Å². The van der Waals surface area contributed by atoms with Crippen LogP contribution in [0.4, 0.5) is 0 Å². The van der Waals surface area contributed by atoms with Gasteiger partial charge in [0.25, 0.3) is 0 Å². The van der Waals surface area contributed by atoms with Gasteiger partial charge in [-0.15, -0.1) is 0 Å². The van der Waals surface area contributed by atoms with E-state index in [-0.39, 0.29) is 11.9 Å². The zero-order chi connectivity index (χ0) is 17.3. The van der Waals surface area contributed by atoms with Crippen molar-refractivity contribution < 1.29 is 9.53 Å². The van der Waals surface area contributed by atoms with Crippen molar-refractivity contribution in [1.82, 2.24) is 0 Å². The zero-order valence-electron chi connectivity index (χ0n) is 15.0. The van der Waals surface area contributed by atoms with Gasteiger partial charge in [-0.1, -0.05) is 37.3 Å². The summed E-state index contributed by atoms with van der Waals surface area (Å²) in [7, 11) is 0. The molecule has 0 aliphatic rings. The van der Waals surface area contributed by atoms with Crippen molar-refractivity contribution in [3.63, 3.8) is 0 Å². The summed E-state index contributed by atoms with van der Waals surface area (Å²) in [6.07, 6.45) is 5.43. The Bertz CT molecular complexity index is 488. The molecular formula is C20H31NO2. The van der Waals surface area contributed by atoms with Crippen LogP contribution in [0.25, 0.3) is 0 Å². The lowest BCUT2D eigenvalue weighted by molar-refractivity contribution is -0.159. The number of rotatable bonds is 9. The third-order valence-corrected chi connectivity index (χ3v) is 3.73. The number of benzene rings is 1. The van der Waals surface area contributed by atoms with Crippen LogP contribution in [0.3, 0.4) is 0 Å². The molecule has 0 heterocycles. The smallest absolute Gasteiger partial charge is 0.309 e. The number of nitrogens with one attached hydrogen (secondary N) is 1. The van der Waals surface area contributed by atoms with E-state index in [0.717, 1.165) is 31.4 Å². The highest BCUT2D eigenvalue weighted by Crippen LogP contribution is 2.16. The van der Waals surface area contributed by atoms with Crippen molar-refractivity contribution in [2.24, 2.45) is 5.92 Å². The molecule has 0 spiro atoms. The number of aryl methyl sites for hydroxylation is 1. The average molecular weight is 317 g/mol. The highest BCUT2D eigenvalue weighted by Gasteiger charge is 2.21. The molecule has 1 atom stereocenters. The molecule has 1 N–H and O–H groups in total. The van der Waals surface area contributed by atoms with E-state index >= 15 is 0 Å². The molecule has 0 saturated carbocycles. The summed E-state index contributed by atoms with van der Waals surface area (Å²) >= 11 is 0. The molecule has 0 bridgehead atoms. The second kappa shape index (κ2) is 9.49. The molecular weight excluding hydrogens is 286 g/mol. The summed E-state index contributed by atoms with van der Waals surface area (Å²) < 4.78 is 5.37. The summed E-state index contributed by atoms with van der Waals surface area (Å²) in [4.78, 5) is 11.9. The maximum atomic E-state index is 11.9. The van der Waals surface area contributed by atoms with E-state index in [0.29, 0.717) is 12.8 Å². The monoisotopic (exact) mass is 317 g/mol. The first-order valence-electron chi connectivity index (χ1n) is 8.61. The Kier molecular flexibility index (Phi) is 8.01. The maximum absolute atomic E-state index is 11.9. The van der Waals surface area contributed by atoms with Crippen LogP contribution in [0.5, 0.6) is 0 Å². The largest absolute Gasteiger partial charge is 0.460 e. The minimum atomic E-state index is -0.434. The van der Waals surface area contributed by atoms with Crippen molar-refractivity contribution in [2.45, 2.75) is 71.8 Å². The van der Waals surface area contributed by atoms with E-state index in [1.54, 1.807) is 0 Å². The summed E-state index contributed by atoms with van der Waals surface area (Å²) in [6.45, 7) is 7.53. The van der Waals surface area contributed by atoms with Crippen LogP contribution in [0, 0.1) is 11.3 Å². The molecule has 1 aromatic carbocycles. The van der Waals surface area contributed by atoms with E-state index in [2.05, 4.69) is 24.3 Å². The maximum Gasteiger partial charge on any atom is 0.309 e. The lowest BCUT2D eigenvalue weighted by atomic mass is 9.99. The molecule has 0 aromatic heterocycles. The minimum Gasteiger partial charge on any atom is -0.460 e. The standard InChI is InChI=1S/C20H31NO2/c1-16(19(22)23-20(2,3)4)14-15-18(21)13-9-8-12-17-10-6-5-7-11-17/h5-7,10-11,16,21H,8-9,12-15H2,1-4H3. The Morgan fingerprint density at radius 1 is 1.13 bits per heavy atom. The third kappa shape index (κ3) is 9.17. The van der Waals surface area contributed by atoms with E-state index in [4.69, 9.17) is 10.1 Å². The zero-order valence-corrected chi connectivity index (χ0v) is 15.0. The minimum absolute atomic E-state index is 0.140. The van der Waals surface area contributed by atoms with Crippen LogP contribution in [0.15, 0.2) is 30.3 Å². The van der Waals surface area contributed by atoms with E-state index in [1.165, 1.54) is 5.56 Å². The number of carbonyl (C=O) groups is 1. The fraction of sp³-hybridized carbons (Fsp3) is 0.600. The Labute approximate surface area is 141 Å². The second-order valence-corrected chi connectivity index (χ2v) is 7.27. The predicted octanol–water partition coefficient (Wildman–Crippen LogP) is 5.18. The lowest BCUT2D eigenvalue weighted by Gasteiger charge is -2.22. The molecule has 0 radical (unpaired) electrons. The van der Waals surface area contributed by atoms with Crippen molar-refractivity contribution in [3.8, 4) is 0 Å². The van der Waals surface area contributed by atoms with Gasteiger partial charge in [0.15, 0.2) is 0 Å². The third-order valence-electron chi connectivity index (χ3n) is 3.73. The summed E-state index contributed by atoms with van der Waals surface area (Å²) in [5.41, 5.74) is 1.67. The first-order valence-corrected chi connectivity index (χ1v) is 8.61. The van der Waals surface area contributed by atoms with Gasteiger partial charge in [0.1, 0.15) is 5.60 Å². The second-order valence-electron chi connectivity index (χ2n) is 7.27. The quantitative estimate of drug-likeness (QED) is 0.388. The molecule has 1 rings (SSSR count). The summed E-state index contributed by atoms with van der Waals surface area (Å²) in [5, 5.41) is 8.03. The predicted molar refractivity (Wildman–Crippen MR) is 96.0 cm³/mol. The highest BCUT2D eigenvalue weighted by molar-refractivity contribution is 5.82. The molecule has 23 heavy (non-hydrogen) atoms. The molecule has 0 amide bonds. The number of carbonyl (C=O) groups excluding carboxylic acids is 1. The van der Waals surface area contributed by atoms with Crippen molar-refractivity contribution in [1.29, 1.82) is 5.41 Å². The van der Waals surface area contributed by atoms with Gasteiger partial charge in [-0.3, -0.25) is 4.79 Å². The van der Waals surface area contributed by atoms with E-state index in [9.17, 15) is 4.79 Å². The van der Waals surface area contributed by atoms with Gasteiger partial charge < -0.3 is 10.1 Å². The van der Waals surface area contributed by atoms with E-state index in [1.807, 2.05) is 33.8 Å². The molecule has 0 aliphatic heterocycles. The van der Waals surface area contributed by atoms with Gasteiger partial charge in [-0.2, -0.15) is 0 Å². The fourth-order valence-electron chi connectivity index (χ4n) is 2.35. The average Bonchev–Trinajstić information content (AvgIpc) is 2.48. The number of esters is 1. The first-order chi connectivity index (χ1) is 10.8. The molecule has 128 valence electrons. The van der Waals surface area contributed by atoms with Crippen LogP contribution in [0.2, 0.25) is 0 Å². The Morgan fingerprint density at radius 2 is 1.78 bits per heavy atom. The van der Waals surface area contributed by atoms with Crippen LogP contribution in [-0.2, 0) is 16.0 Å². The van der Waals surface area contributed by atoms with Crippen LogP contribution < -0.4 is 0 Å². The topological polar surface area (TPSA) is 50.2 Å². The van der Waals surface area contributed by atoms with Crippen LogP contribution >= 0.6 is 0 Å². The van der Waals surface area contributed by atoms with Gasteiger partial charge in [-0.25, -0.2) is 0 Å². The molecule has 1 unspecified atom stereocenters. The first kappa shape index (κ1) is 19.4.